The molecule has 4 nitrogen and oxygen atoms in total. The van der Waals surface area contributed by atoms with E-state index in [4.69, 9.17) is 22.1 Å². The molecule has 1 aromatic carbocycles. The zero-order chi connectivity index (χ0) is 15.6. The van der Waals surface area contributed by atoms with Gasteiger partial charge in [-0.2, -0.15) is 0 Å². The SMILES string of the molecule is CCOc1c(Br)cc(Cl)cc1NC(=O)C1(C)CCCC1N. The van der Waals surface area contributed by atoms with Crippen LogP contribution in [0.2, 0.25) is 5.02 Å². The summed E-state index contributed by atoms with van der Waals surface area (Å²) in [5.74, 6) is 0.507. The summed E-state index contributed by atoms with van der Waals surface area (Å²) in [4.78, 5) is 12.6. The highest BCUT2D eigenvalue weighted by Crippen LogP contribution is 2.41. The molecule has 2 unspecified atom stereocenters. The largest absolute Gasteiger partial charge is 0.491 e. The average molecular weight is 376 g/mol. The van der Waals surface area contributed by atoms with Crippen LogP contribution in [0.25, 0.3) is 0 Å². The van der Waals surface area contributed by atoms with Gasteiger partial charge in [-0.15, -0.1) is 0 Å². The monoisotopic (exact) mass is 374 g/mol. The molecule has 21 heavy (non-hydrogen) atoms. The van der Waals surface area contributed by atoms with E-state index in [-0.39, 0.29) is 11.9 Å². The van der Waals surface area contributed by atoms with Gasteiger partial charge in [0.25, 0.3) is 0 Å². The van der Waals surface area contributed by atoms with Crippen molar-refractivity contribution in [1.82, 2.24) is 0 Å². The van der Waals surface area contributed by atoms with Gasteiger partial charge in [0, 0.05) is 11.1 Å². The third-order valence-corrected chi connectivity index (χ3v) is 4.90. The van der Waals surface area contributed by atoms with Crippen LogP contribution in [-0.4, -0.2) is 18.6 Å². The lowest BCUT2D eigenvalue weighted by atomic mass is 9.84. The van der Waals surface area contributed by atoms with Crippen molar-refractivity contribution in [2.45, 2.75) is 39.2 Å². The minimum atomic E-state index is -0.543. The number of nitrogens with one attached hydrogen (secondary N) is 1. The van der Waals surface area contributed by atoms with Crippen molar-refractivity contribution >= 4 is 39.1 Å². The van der Waals surface area contributed by atoms with E-state index in [1.807, 2.05) is 13.8 Å². The van der Waals surface area contributed by atoms with Crippen LogP contribution in [-0.2, 0) is 4.79 Å². The van der Waals surface area contributed by atoms with Gasteiger partial charge in [0.15, 0.2) is 5.75 Å². The Morgan fingerprint density at radius 3 is 2.90 bits per heavy atom. The number of ether oxygens (including phenoxy) is 1. The fraction of sp³-hybridized carbons (Fsp3) is 0.533. The van der Waals surface area contributed by atoms with Gasteiger partial charge in [0.05, 0.1) is 22.2 Å². The fourth-order valence-corrected chi connectivity index (χ4v) is 3.61. The molecular weight excluding hydrogens is 356 g/mol. The van der Waals surface area contributed by atoms with Crippen molar-refractivity contribution in [3.05, 3.63) is 21.6 Å². The molecule has 0 heterocycles. The zero-order valence-electron chi connectivity index (χ0n) is 12.2. The topological polar surface area (TPSA) is 64.3 Å². The third-order valence-electron chi connectivity index (χ3n) is 4.09. The Balaban J connectivity index is 2.28. The van der Waals surface area contributed by atoms with Crippen molar-refractivity contribution < 1.29 is 9.53 Å². The summed E-state index contributed by atoms with van der Waals surface area (Å²) in [6.45, 7) is 4.31. The standard InChI is InChI=1S/C15H20BrClN2O2/c1-3-21-13-10(16)7-9(17)8-11(13)19-14(20)15(2)6-4-5-12(15)18/h7-8,12H,3-6,18H2,1-2H3,(H,19,20). The Kier molecular flexibility index (Phi) is 5.17. The number of anilines is 1. The Morgan fingerprint density at radius 2 is 2.33 bits per heavy atom. The molecule has 0 aromatic heterocycles. The number of amides is 1. The van der Waals surface area contributed by atoms with Gasteiger partial charge in [-0.1, -0.05) is 18.0 Å². The Hall–Kier alpha value is -0.780. The smallest absolute Gasteiger partial charge is 0.231 e. The van der Waals surface area contributed by atoms with Crippen LogP contribution in [0.15, 0.2) is 16.6 Å². The van der Waals surface area contributed by atoms with Gasteiger partial charge in [-0.25, -0.2) is 0 Å². The number of benzene rings is 1. The number of carbonyl (C=O) groups excluding carboxylic acids is 1. The molecule has 0 spiro atoms. The van der Waals surface area contributed by atoms with Crippen molar-refractivity contribution in [3.8, 4) is 5.75 Å². The van der Waals surface area contributed by atoms with Gasteiger partial charge in [-0.05, 0) is 54.8 Å². The first-order valence-electron chi connectivity index (χ1n) is 7.07. The number of nitrogens with two attached hydrogens (primary N) is 1. The minimum absolute atomic E-state index is 0.0809. The molecule has 6 heteroatoms. The van der Waals surface area contributed by atoms with Crippen LogP contribution in [0, 0.1) is 5.41 Å². The molecule has 0 saturated heterocycles. The van der Waals surface area contributed by atoms with E-state index in [1.165, 1.54) is 0 Å². The minimum Gasteiger partial charge on any atom is -0.491 e. The van der Waals surface area contributed by atoms with E-state index in [0.29, 0.717) is 27.5 Å². The van der Waals surface area contributed by atoms with Crippen LogP contribution < -0.4 is 15.8 Å². The lowest BCUT2D eigenvalue weighted by molar-refractivity contribution is -0.125. The van der Waals surface area contributed by atoms with Gasteiger partial charge < -0.3 is 15.8 Å². The molecule has 3 N–H and O–H groups in total. The van der Waals surface area contributed by atoms with Gasteiger partial charge >= 0.3 is 0 Å². The highest BCUT2D eigenvalue weighted by Gasteiger charge is 2.43. The van der Waals surface area contributed by atoms with E-state index in [9.17, 15) is 4.79 Å². The average Bonchev–Trinajstić information content (AvgIpc) is 2.75. The number of carbonyl (C=O) groups is 1. The van der Waals surface area contributed by atoms with E-state index in [1.54, 1.807) is 12.1 Å². The first-order chi connectivity index (χ1) is 9.88. The van der Waals surface area contributed by atoms with E-state index >= 15 is 0 Å². The van der Waals surface area contributed by atoms with Crippen LogP contribution in [0.4, 0.5) is 5.69 Å². The lowest BCUT2D eigenvalue weighted by Gasteiger charge is -2.28. The first kappa shape index (κ1) is 16.6. The molecule has 116 valence electrons. The number of halogens is 2. The second kappa shape index (κ2) is 6.55. The molecule has 1 aliphatic rings. The van der Waals surface area contributed by atoms with Crippen molar-refractivity contribution in [2.75, 3.05) is 11.9 Å². The predicted molar refractivity (Wildman–Crippen MR) is 88.9 cm³/mol. The molecule has 0 radical (unpaired) electrons. The fourth-order valence-electron chi connectivity index (χ4n) is 2.68. The molecule has 0 aliphatic heterocycles. The van der Waals surface area contributed by atoms with Crippen molar-refractivity contribution in [1.29, 1.82) is 0 Å². The summed E-state index contributed by atoms with van der Waals surface area (Å²) < 4.78 is 6.31. The second-order valence-corrected chi connectivity index (χ2v) is 6.86. The molecule has 1 fully saturated rings. The second-order valence-electron chi connectivity index (χ2n) is 5.57. The molecule has 1 aliphatic carbocycles. The quantitative estimate of drug-likeness (QED) is 0.837. The van der Waals surface area contributed by atoms with Crippen molar-refractivity contribution in [2.24, 2.45) is 11.1 Å². The summed E-state index contributed by atoms with van der Waals surface area (Å²) in [5, 5.41) is 3.46. The number of hydrogen-bond donors (Lipinski definition) is 2. The Labute approximate surface area is 138 Å². The summed E-state index contributed by atoms with van der Waals surface area (Å²) in [6.07, 6.45) is 2.65. The highest BCUT2D eigenvalue weighted by atomic mass is 79.9. The highest BCUT2D eigenvalue weighted by molar-refractivity contribution is 9.10. The van der Waals surface area contributed by atoms with E-state index in [2.05, 4.69) is 21.2 Å². The maximum Gasteiger partial charge on any atom is 0.231 e. The first-order valence-corrected chi connectivity index (χ1v) is 8.24. The van der Waals surface area contributed by atoms with Crippen LogP contribution in [0.5, 0.6) is 5.75 Å². The Bertz CT molecular complexity index is 553. The molecular formula is C15H20BrClN2O2. The van der Waals surface area contributed by atoms with Crippen molar-refractivity contribution in [3.63, 3.8) is 0 Å². The van der Waals surface area contributed by atoms with Crippen LogP contribution in [0.1, 0.15) is 33.1 Å². The molecule has 2 atom stereocenters. The van der Waals surface area contributed by atoms with Gasteiger partial charge in [0.2, 0.25) is 5.91 Å². The third kappa shape index (κ3) is 3.35. The predicted octanol–water partition coefficient (Wildman–Crippen LogP) is 3.96. The van der Waals surface area contributed by atoms with E-state index in [0.717, 1.165) is 19.3 Å². The van der Waals surface area contributed by atoms with Crippen LogP contribution >= 0.6 is 27.5 Å². The summed E-state index contributed by atoms with van der Waals surface area (Å²) in [6, 6.07) is 3.32. The number of hydrogen-bond acceptors (Lipinski definition) is 3. The van der Waals surface area contributed by atoms with E-state index < -0.39 is 5.41 Å². The molecule has 1 aromatic rings. The summed E-state index contributed by atoms with van der Waals surface area (Å²) in [7, 11) is 0. The Morgan fingerprint density at radius 1 is 1.62 bits per heavy atom. The summed E-state index contributed by atoms with van der Waals surface area (Å²) >= 11 is 9.48. The van der Waals surface area contributed by atoms with Gasteiger partial charge in [-0.3, -0.25) is 4.79 Å². The molecule has 2 rings (SSSR count). The lowest BCUT2D eigenvalue weighted by Crippen LogP contribution is -2.44. The maximum atomic E-state index is 12.6. The van der Waals surface area contributed by atoms with Gasteiger partial charge in [0.1, 0.15) is 0 Å². The molecule has 1 saturated carbocycles. The molecule has 1 amide bonds. The van der Waals surface area contributed by atoms with Crippen LogP contribution in [0.3, 0.4) is 0 Å². The molecule has 0 bridgehead atoms. The zero-order valence-corrected chi connectivity index (χ0v) is 14.6. The number of rotatable bonds is 4. The summed E-state index contributed by atoms with van der Waals surface area (Å²) in [5.41, 5.74) is 6.12. The maximum absolute atomic E-state index is 12.6. The normalized spacial score (nSPS) is 24.9.